The highest BCUT2D eigenvalue weighted by molar-refractivity contribution is 5.80. The number of hydrogen-bond acceptors (Lipinski definition) is 3. The van der Waals surface area contributed by atoms with Crippen molar-refractivity contribution in [3.8, 4) is 0 Å². The van der Waals surface area contributed by atoms with Gasteiger partial charge in [0.15, 0.2) is 5.96 Å². The summed E-state index contributed by atoms with van der Waals surface area (Å²) in [6.45, 7) is 0.600. The second kappa shape index (κ2) is 6.75. The van der Waals surface area contributed by atoms with Crippen LogP contribution in [0.2, 0.25) is 0 Å². The predicted octanol–water partition coefficient (Wildman–Crippen LogP) is 0.101. The van der Waals surface area contributed by atoms with Crippen molar-refractivity contribution < 1.29 is 9.53 Å². The summed E-state index contributed by atoms with van der Waals surface area (Å²) in [6, 6.07) is 0. The molecule has 1 aliphatic heterocycles. The fourth-order valence-corrected chi connectivity index (χ4v) is 2.18. The van der Waals surface area contributed by atoms with Crippen LogP contribution in [0.5, 0.6) is 0 Å². The van der Waals surface area contributed by atoms with Crippen LogP contribution in [-0.4, -0.2) is 87.6 Å². The van der Waals surface area contributed by atoms with Crippen LogP contribution in [0.4, 0.5) is 0 Å². The van der Waals surface area contributed by atoms with Gasteiger partial charge in [-0.2, -0.15) is 0 Å². The van der Waals surface area contributed by atoms with E-state index in [0.717, 1.165) is 18.8 Å². The van der Waals surface area contributed by atoms with E-state index in [1.807, 2.05) is 38.0 Å². The monoisotopic (exact) mass is 270 g/mol. The van der Waals surface area contributed by atoms with Gasteiger partial charge in [0, 0.05) is 42.3 Å². The molecule has 0 saturated carbocycles. The molecule has 0 radical (unpaired) electrons. The molecule has 0 spiro atoms. The van der Waals surface area contributed by atoms with E-state index in [1.165, 1.54) is 0 Å². The smallest absolute Gasteiger partial charge is 0.251 e. The highest BCUT2D eigenvalue weighted by Gasteiger charge is 2.31. The van der Waals surface area contributed by atoms with Crippen molar-refractivity contribution in [2.75, 3.05) is 48.8 Å². The minimum atomic E-state index is -0.294. The SMILES string of the molecule is CN(C)C(=O)[C@@H]1CC[C@@H](CN=C(N(C)C)N(C)C)O1. The standard InChI is InChI=1S/C13H26N4O2/c1-15(2)12(18)11-8-7-10(19-11)9-14-13(16(3)4)17(5)6/h10-11H,7-9H2,1-6H3/t10-,11-/m0/s1. The topological polar surface area (TPSA) is 48.4 Å². The van der Waals surface area contributed by atoms with Crippen molar-refractivity contribution in [3.05, 3.63) is 0 Å². The maximum Gasteiger partial charge on any atom is 0.251 e. The fourth-order valence-electron chi connectivity index (χ4n) is 2.18. The van der Waals surface area contributed by atoms with Gasteiger partial charge >= 0.3 is 0 Å². The molecule has 6 heteroatoms. The normalized spacial score (nSPS) is 22.0. The van der Waals surface area contributed by atoms with E-state index in [1.54, 1.807) is 19.0 Å². The van der Waals surface area contributed by atoms with Crippen molar-refractivity contribution in [2.24, 2.45) is 4.99 Å². The first-order valence-corrected chi connectivity index (χ1v) is 6.58. The van der Waals surface area contributed by atoms with Gasteiger partial charge < -0.3 is 19.4 Å². The summed E-state index contributed by atoms with van der Waals surface area (Å²) in [6.07, 6.45) is 1.43. The lowest BCUT2D eigenvalue weighted by Gasteiger charge is -2.23. The van der Waals surface area contributed by atoms with Crippen LogP contribution >= 0.6 is 0 Å². The van der Waals surface area contributed by atoms with Gasteiger partial charge in [0.05, 0.1) is 12.6 Å². The van der Waals surface area contributed by atoms with Crippen LogP contribution < -0.4 is 0 Å². The number of likely N-dealkylation sites (N-methyl/N-ethyl adjacent to an activating group) is 1. The molecule has 1 rings (SSSR count). The number of hydrogen-bond donors (Lipinski definition) is 0. The molecule has 0 aromatic rings. The Hall–Kier alpha value is -1.30. The Bertz CT molecular complexity index is 330. The molecule has 0 unspecified atom stereocenters. The van der Waals surface area contributed by atoms with Gasteiger partial charge in [-0.15, -0.1) is 0 Å². The van der Waals surface area contributed by atoms with E-state index in [0.29, 0.717) is 6.54 Å². The first kappa shape index (κ1) is 15.8. The second-order valence-electron chi connectivity index (χ2n) is 5.49. The average molecular weight is 270 g/mol. The zero-order chi connectivity index (χ0) is 14.6. The summed E-state index contributed by atoms with van der Waals surface area (Å²) in [5.41, 5.74) is 0. The van der Waals surface area contributed by atoms with Crippen molar-refractivity contribution >= 4 is 11.9 Å². The maximum absolute atomic E-state index is 11.8. The molecule has 1 amide bonds. The molecule has 1 fully saturated rings. The summed E-state index contributed by atoms with van der Waals surface area (Å²) < 4.78 is 5.76. The Morgan fingerprint density at radius 2 is 1.63 bits per heavy atom. The third-order valence-corrected chi connectivity index (χ3v) is 3.06. The zero-order valence-corrected chi connectivity index (χ0v) is 12.9. The van der Waals surface area contributed by atoms with Gasteiger partial charge in [-0.05, 0) is 12.8 Å². The second-order valence-corrected chi connectivity index (χ2v) is 5.49. The average Bonchev–Trinajstić information content (AvgIpc) is 2.75. The number of carbonyl (C=O) groups excluding carboxylic acids is 1. The first-order valence-electron chi connectivity index (χ1n) is 6.58. The molecule has 0 aromatic carbocycles. The van der Waals surface area contributed by atoms with Crippen LogP contribution in [0.15, 0.2) is 4.99 Å². The van der Waals surface area contributed by atoms with Crippen molar-refractivity contribution in [1.29, 1.82) is 0 Å². The summed E-state index contributed by atoms with van der Waals surface area (Å²) in [7, 11) is 11.4. The summed E-state index contributed by atoms with van der Waals surface area (Å²) in [5, 5.41) is 0. The Kier molecular flexibility index (Phi) is 5.60. The third kappa shape index (κ3) is 4.38. The van der Waals surface area contributed by atoms with E-state index in [9.17, 15) is 4.79 Å². The fraction of sp³-hybridized carbons (Fsp3) is 0.846. The first-order chi connectivity index (χ1) is 8.82. The highest BCUT2D eigenvalue weighted by atomic mass is 16.5. The molecule has 6 nitrogen and oxygen atoms in total. The van der Waals surface area contributed by atoms with Gasteiger partial charge in [0.25, 0.3) is 5.91 Å². The van der Waals surface area contributed by atoms with Crippen molar-refractivity contribution in [1.82, 2.24) is 14.7 Å². The Morgan fingerprint density at radius 1 is 1.05 bits per heavy atom. The molecule has 110 valence electrons. The lowest BCUT2D eigenvalue weighted by atomic mass is 10.2. The summed E-state index contributed by atoms with van der Waals surface area (Å²) in [5.74, 6) is 0.956. The summed E-state index contributed by atoms with van der Waals surface area (Å²) in [4.78, 5) is 21.9. The lowest BCUT2D eigenvalue weighted by Crippen LogP contribution is -2.36. The van der Waals surface area contributed by atoms with Gasteiger partial charge in [0.2, 0.25) is 0 Å². The van der Waals surface area contributed by atoms with Gasteiger partial charge in [-0.3, -0.25) is 9.79 Å². The molecular weight excluding hydrogens is 244 g/mol. The van der Waals surface area contributed by atoms with Crippen LogP contribution in [0.25, 0.3) is 0 Å². The van der Waals surface area contributed by atoms with Gasteiger partial charge in [-0.25, -0.2) is 0 Å². The molecule has 0 aromatic heterocycles. The molecule has 1 aliphatic rings. The molecule has 0 bridgehead atoms. The van der Waals surface area contributed by atoms with E-state index in [2.05, 4.69) is 4.99 Å². The van der Waals surface area contributed by atoms with E-state index >= 15 is 0 Å². The van der Waals surface area contributed by atoms with Crippen LogP contribution in [0.1, 0.15) is 12.8 Å². The maximum atomic E-state index is 11.8. The Labute approximate surface area is 116 Å². The highest BCUT2D eigenvalue weighted by Crippen LogP contribution is 2.21. The minimum absolute atomic E-state index is 0.0452. The zero-order valence-electron chi connectivity index (χ0n) is 12.9. The number of amides is 1. The number of carbonyl (C=O) groups is 1. The molecule has 1 saturated heterocycles. The number of guanidine groups is 1. The Morgan fingerprint density at radius 3 is 2.11 bits per heavy atom. The molecule has 2 atom stereocenters. The van der Waals surface area contributed by atoms with E-state index in [-0.39, 0.29) is 18.1 Å². The van der Waals surface area contributed by atoms with Crippen molar-refractivity contribution in [2.45, 2.75) is 25.0 Å². The molecular formula is C13H26N4O2. The largest absolute Gasteiger partial charge is 0.363 e. The molecule has 19 heavy (non-hydrogen) atoms. The Balaban J connectivity index is 2.52. The molecule has 0 aliphatic carbocycles. The number of aliphatic imine (C=N–C) groups is 1. The van der Waals surface area contributed by atoms with Crippen LogP contribution in [0, 0.1) is 0 Å². The number of rotatable bonds is 3. The van der Waals surface area contributed by atoms with Gasteiger partial charge in [0.1, 0.15) is 6.10 Å². The van der Waals surface area contributed by atoms with Crippen LogP contribution in [0.3, 0.4) is 0 Å². The molecule has 1 heterocycles. The summed E-state index contributed by atoms with van der Waals surface area (Å²) >= 11 is 0. The number of ether oxygens (including phenoxy) is 1. The third-order valence-electron chi connectivity index (χ3n) is 3.06. The lowest BCUT2D eigenvalue weighted by molar-refractivity contribution is -0.140. The van der Waals surface area contributed by atoms with Gasteiger partial charge in [-0.1, -0.05) is 0 Å². The molecule has 0 N–H and O–H groups in total. The van der Waals surface area contributed by atoms with E-state index < -0.39 is 0 Å². The van der Waals surface area contributed by atoms with Crippen LogP contribution in [-0.2, 0) is 9.53 Å². The number of nitrogens with zero attached hydrogens (tertiary/aromatic N) is 4. The quantitative estimate of drug-likeness (QED) is 0.539. The van der Waals surface area contributed by atoms with E-state index in [4.69, 9.17) is 4.74 Å². The predicted molar refractivity (Wildman–Crippen MR) is 76.3 cm³/mol. The van der Waals surface area contributed by atoms with Crippen molar-refractivity contribution in [3.63, 3.8) is 0 Å². The minimum Gasteiger partial charge on any atom is -0.363 e.